The van der Waals surface area contributed by atoms with Crippen molar-refractivity contribution >= 4 is 28.3 Å². The van der Waals surface area contributed by atoms with Crippen LogP contribution in [0.2, 0.25) is 0 Å². The molecule has 1 fully saturated rings. The zero-order valence-electron chi connectivity index (χ0n) is 18.4. The Morgan fingerprint density at radius 3 is 2.44 bits per heavy atom. The molecule has 0 aliphatic carbocycles. The lowest BCUT2D eigenvalue weighted by atomic mass is 10.0. The van der Waals surface area contributed by atoms with Crippen molar-refractivity contribution in [3.63, 3.8) is 0 Å². The molecule has 2 heterocycles. The minimum absolute atomic E-state index is 0.274. The number of anilines is 2. The Balaban J connectivity index is 1.29. The first-order valence-corrected chi connectivity index (χ1v) is 11.2. The molecule has 34 heavy (non-hydrogen) atoms. The minimum Gasteiger partial charge on any atom is -0.382 e. The first-order valence-electron chi connectivity index (χ1n) is 11.2. The number of nitrogens with one attached hydrogen (secondary N) is 3. The van der Waals surface area contributed by atoms with Crippen LogP contribution in [0.1, 0.15) is 34.3 Å². The molecule has 0 unspecified atom stereocenters. The van der Waals surface area contributed by atoms with E-state index >= 15 is 0 Å². The molecule has 1 amide bonds. The summed E-state index contributed by atoms with van der Waals surface area (Å²) in [7, 11) is 0. The van der Waals surface area contributed by atoms with E-state index in [1.54, 1.807) is 12.1 Å². The normalized spacial score (nSPS) is 14.3. The standard InChI is InChI=1S/C26H24F2N4O2/c27-19-12-17(13-20(28)15-19)11-16-1-6-24-23(14-16)25(32-31-24)30-26(33)18-2-4-21(5-3-18)29-22-7-9-34-10-8-22/h1-6,12-15,22,29H,7-11H2,(H2,30,31,32,33). The number of nitrogens with zero attached hydrogens (tertiary/aromatic N) is 1. The van der Waals surface area contributed by atoms with Gasteiger partial charge in [0.05, 0.1) is 5.52 Å². The van der Waals surface area contributed by atoms with Crippen molar-refractivity contribution in [2.75, 3.05) is 23.8 Å². The smallest absolute Gasteiger partial charge is 0.256 e. The van der Waals surface area contributed by atoms with E-state index in [9.17, 15) is 13.6 Å². The number of hydrogen-bond acceptors (Lipinski definition) is 4. The fourth-order valence-corrected chi connectivity index (χ4v) is 4.19. The first kappa shape index (κ1) is 22.0. The van der Waals surface area contributed by atoms with Crippen molar-refractivity contribution < 1.29 is 18.3 Å². The topological polar surface area (TPSA) is 79.0 Å². The van der Waals surface area contributed by atoms with E-state index in [0.717, 1.165) is 54.3 Å². The lowest BCUT2D eigenvalue weighted by Crippen LogP contribution is -2.27. The number of ether oxygens (including phenoxy) is 1. The summed E-state index contributed by atoms with van der Waals surface area (Å²) >= 11 is 0. The quantitative estimate of drug-likeness (QED) is 0.365. The first-order chi connectivity index (χ1) is 16.5. The molecule has 0 bridgehead atoms. The third-order valence-corrected chi connectivity index (χ3v) is 5.93. The van der Waals surface area contributed by atoms with Gasteiger partial charge in [0.15, 0.2) is 5.82 Å². The molecule has 3 aromatic carbocycles. The Morgan fingerprint density at radius 2 is 1.71 bits per heavy atom. The van der Waals surface area contributed by atoms with Gasteiger partial charge in [-0.05, 0) is 78.9 Å². The highest BCUT2D eigenvalue weighted by Gasteiger charge is 2.15. The van der Waals surface area contributed by atoms with Crippen LogP contribution in [0.4, 0.5) is 20.3 Å². The number of aromatic nitrogens is 2. The van der Waals surface area contributed by atoms with Crippen LogP contribution in [0.25, 0.3) is 10.9 Å². The molecular formula is C26H24F2N4O2. The largest absolute Gasteiger partial charge is 0.382 e. The second-order valence-corrected chi connectivity index (χ2v) is 8.47. The summed E-state index contributed by atoms with van der Waals surface area (Å²) < 4.78 is 32.5. The molecule has 1 aliphatic heterocycles. The number of carbonyl (C=O) groups excluding carboxylic acids is 1. The summed E-state index contributed by atoms with van der Waals surface area (Å²) in [6, 6.07) is 16.7. The molecule has 0 atom stereocenters. The number of aromatic amines is 1. The van der Waals surface area contributed by atoms with Crippen LogP contribution in [-0.2, 0) is 11.2 Å². The monoisotopic (exact) mass is 462 g/mol. The van der Waals surface area contributed by atoms with Crippen molar-refractivity contribution in [2.45, 2.75) is 25.3 Å². The summed E-state index contributed by atoms with van der Waals surface area (Å²) in [4.78, 5) is 12.8. The maximum Gasteiger partial charge on any atom is 0.256 e. The van der Waals surface area contributed by atoms with Gasteiger partial charge in [0, 0.05) is 42.0 Å². The molecule has 0 saturated carbocycles. The van der Waals surface area contributed by atoms with E-state index in [2.05, 4.69) is 20.8 Å². The number of fused-ring (bicyclic) bond motifs is 1. The van der Waals surface area contributed by atoms with Crippen LogP contribution >= 0.6 is 0 Å². The van der Waals surface area contributed by atoms with E-state index in [-0.39, 0.29) is 5.91 Å². The number of carbonyl (C=O) groups is 1. The number of halogens is 2. The van der Waals surface area contributed by atoms with Gasteiger partial charge in [0.2, 0.25) is 0 Å². The molecule has 1 aliphatic rings. The maximum absolute atomic E-state index is 13.5. The van der Waals surface area contributed by atoms with Crippen LogP contribution in [-0.4, -0.2) is 35.4 Å². The Labute approximate surface area is 195 Å². The van der Waals surface area contributed by atoms with E-state index in [0.29, 0.717) is 29.4 Å². The van der Waals surface area contributed by atoms with Crippen molar-refractivity contribution in [3.05, 3.63) is 89.0 Å². The van der Waals surface area contributed by atoms with Crippen molar-refractivity contribution in [1.82, 2.24) is 10.2 Å². The molecule has 1 saturated heterocycles. The SMILES string of the molecule is O=C(Nc1n[nH]c2ccc(Cc3cc(F)cc(F)c3)cc12)c1ccc(NC2CCOCC2)cc1. The van der Waals surface area contributed by atoms with Gasteiger partial charge in [-0.15, -0.1) is 0 Å². The Kier molecular flexibility index (Phi) is 6.22. The van der Waals surface area contributed by atoms with Crippen LogP contribution in [0, 0.1) is 11.6 Å². The summed E-state index contributed by atoms with van der Waals surface area (Å²) in [5.41, 5.74) is 3.60. The molecule has 4 aromatic rings. The van der Waals surface area contributed by atoms with Gasteiger partial charge in [-0.1, -0.05) is 6.07 Å². The number of amides is 1. The predicted molar refractivity (Wildman–Crippen MR) is 127 cm³/mol. The third kappa shape index (κ3) is 5.07. The molecule has 3 N–H and O–H groups in total. The maximum atomic E-state index is 13.5. The Hall–Kier alpha value is -3.78. The van der Waals surface area contributed by atoms with E-state index in [4.69, 9.17) is 4.74 Å². The van der Waals surface area contributed by atoms with Gasteiger partial charge in [-0.3, -0.25) is 9.89 Å². The van der Waals surface area contributed by atoms with Gasteiger partial charge in [0.1, 0.15) is 11.6 Å². The molecule has 6 nitrogen and oxygen atoms in total. The zero-order valence-corrected chi connectivity index (χ0v) is 18.4. The molecule has 0 spiro atoms. The number of H-pyrrole nitrogens is 1. The van der Waals surface area contributed by atoms with Crippen LogP contribution in [0.3, 0.4) is 0 Å². The molecule has 5 rings (SSSR count). The van der Waals surface area contributed by atoms with Gasteiger partial charge in [-0.2, -0.15) is 5.10 Å². The van der Waals surface area contributed by atoms with Gasteiger partial charge in [-0.25, -0.2) is 8.78 Å². The number of rotatable bonds is 6. The highest BCUT2D eigenvalue weighted by atomic mass is 19.1. The second kappa shape index (κ2) is 9.61. The molecule has 1 aromatic heterocycles. The van der Waals surface area contributed by atoms with Crippen molar-refractivity contribution in [2.24, 2.45) is 0 Å². The van der Waals surface area contributed by atoms with Gasteiger partial charge in [0.25, 0.3) is 5.91 Å². The average Bonchev–Trinajstić information content (AvgIpc) is 3.21. The van der Waals surface area contributed by atoms with Crippen molar-refractivity contribution in [1.29, 1.82) is 0 Å². The van der Waals surface area contributed by atoms with Gasteiger partial charge >= 0.3 is 0 Å². The Bertz CT molecular complexity index is 1290. The van der Waals surface area contributed by atoms with E-state index in [1.165, 1.54) is 12.1 Å². The Morgan fingerprint density at radius 1 is 0.971 bits per heavy atom. The lowest BCUT2D eigenvalue weighted by molar-refractivity contribution is 0.0904. The number of hydrogen-bond donors (Lipinski definition) is 3. The molecule has 8 heteroatoms. The van der Waals surface area contributed by atoms with Gasteiger partial charge < -0.3 is 15.4 Å². The zero-order chi connectivity index (χ0) is 23.5. The van der Waals surface area contributed by atoms with Crippen LogP contribution in [0.15, 0.2) is 60.7 Å². The molecular weight excluding hydrogens is 438 g/mol. The highest BCUT2D eigenvalue weighted by molar-refractivity contribution is 6.08. The number of benzene rings is 3. The van der Waals surface area contributed by atoms with Crippen LogP contribution in [0.5, 0.6) is 0 Å². The fourth-order valence-electron chi connectivity index (χ4n) is 4.19. The average molecular weight is 463 g/mol. The summed E-state index contributed by atoms with van der Waals surface area (Å²) in [5.74, 6) is -1.09. The van der Waals surface area contributed by atoms with E-state index < -0.39 is 11.6 Å². The van der Waals surface area contributed by atoms with E-state index in [1.807, 2.05) is 30.3 Å². The highest BCUT2D eigenvalue weighted by Crippen LogP contribution is 2.24. The summed E-state index contributed by atoms with van der Waals surface area (Å²) in [5, 5.41) is 14.2. The third-order valence-electron chi connectivity index (χ3n) is 5.93. The predicted octanol–water partition coefficient (Wildman–Crippen LogP) is 5.28. The van der Waals surface area contributed by atoms with Crippen molar-refractivity contribution in [3.8, 4) is 0 Å². The lowest BCUT2D eigenvalue weighted by Gasteiger charge is -2.24. The summed E-state index contributed by atoms with van der Waals surface area (Å²) in [6.07, 6.45) is 2.28. The minimum atomic E-state index is -0.610. The second-order valence-electron chi connectivity index (χ2n) is 8.47. The molecule has 0 radical (unpaired) electrons. The van der Waals surface area contributed by atoms with Crippen LogP contribution < -0.4 is 10.6 Å². The summed E-state index contributed by atoms with van der Waals surface area (Å²) in [6.45, 7) is 1.52. The fraction of sp³-hybridized carbons (Fsp3) is 0.231. The molecule has 174 valence electrons.